The van der Waals surface area contributed by atoms with Crippen LogP contribution in [0.2, 0.25) is 5.02 Å². The highest BCUT2D eigenvalue weighted by atomic mass is 35.5. The van der Waals surface area contributed by atoms with Crippen molar-refractivity contribution in [1.82, 2.24) is 4.98 Å². The third-order valence-corrected chi connectivity index (χ3v) is 2.64. The summed E-state index contributed by atoms with van der Waals surface area (Å²) in [5.41, 5.74) is 5.55. The topological polar surface area (TPSA) is 57.4 Å². The van der Waals surface area contributed by atoms with E-state index in [1.54, 1.807) is 24.3 Å². The lowest BCUT2D eigenvalue weighted by atomic mass is 10.2. The summed E-state index contributed by atoms with van der Waals surface area (Å²) in [5.74, 6) is 0.135. The van der Waals surface area contributed by atoms with Crippen LogP contribution in [0, 0.1) is 5.95 Å². The summed E-state index contributed by atoms with van der Waals surface area (Å²) >= 11 is 5.75. The van der Waals surface area contributed by atoms with Crippen LogP contribution in [-0.2, 0) is 0 Å². The quantitative estimate of drug-likeness (QED) is 0.623. The second-order valence-corrected chi connectivity index (χ2v) is 3.79. The number of aromatic nitrogens is 1. The largest absolute Gasteiger partial charge is 0.448 e. The van der Waals surface area contributed by atoms with Gasteiger partial charge in [-0.15, -0.1) is 0 Å². The summed E-state index contributed by atoms with van der Waals surface area (Å²) < 4.78 is 24.2. The monoisotopic (exact) mass is 252 g/mol. The molecule has 2 aromatic rings. The average molecular weight is 253 g/mol. The van der Waals surface area contributed by atoms with Crippen molar-refractivity contribution in [2.75, 3.05) is 5.73 Å². The molecule has 0 saturated heterocycles. The van der Waals surface area contributed by atoms with Crippen molar-refractivity contribution in [2.45, 2.75) is 0 Å². The van der Waals surface area contributed by atoms with E-state index in [9.17, 15) is 4.39 Å². The molecular formula is C11H6ClFN2O2. The Morgan fingerprint density at radius 2 is 1.71 bits per heavy atom. The van der Waals surface area contributed by atoms with Gasteiger partial charge in [0.15, 0.2) is 23.1 Å². The van der Waals surface area contributed by atoms with Gasteiger partial charge in [0.25, 0.3) is 0 Å². The Hall–Kier alpha value is -2.01. The Bertz CT molecular complexity index is 619. The van der Waals surface area contributed by atoms with E-state index >= 15 is 0 Å². The van der Waals surface area contributed by atoms with Crippen LogP contribution in [0.4, 0.5) is 10.2 Å². The molecular weight excluding hydrogens is 247 g/mol. The number of benzene rings is 1. The maximum Gasteiger partial charge on any atom is 0.237 e. The molecule has 0 atom stereocenters. The molecule has 3 rings (SSSR count). The zero-order chi connectivity index (χ0) is 12.0. The Morgan fingerprint density at radius 1 is 1.12 bits per heavy atom. The number of nitrogens with two attached hydrogens (primary N) is 1. The number of anilines is 1. The molecule has 0 amide bonds. The molecule has 0 radical (unpaired) electrons. The molecule has 6 heteroatoms. The van der Waals surface area contributed by atoms with Gasteiger partial charge in [0, 0.05) is 0 Å². The first-order valence-corrected chi connectivity index (χ1v) is 5.14. The van der Waals surface area contributed by atoms with E-state index in [0.29, 0.717) is 11.5 Å². The van der Waals surface area contributed by atoms with Gasteiger partial charge in [-0.2, -0.15) is 9.37 Å². The number of fused-ring (bicyclic) bond motifs is 2. The number of para-hydroxylation sites is 2. The third-order valence-electron chi connectivity index (χ3n) is 2.31. The Morgan fingerprint density at radius 3 is 2.35 bits per heavy atom. The van der Waals surface area contributed by atoms with Gasteiger partial charge in [-0.1, -0.05) is 23.7 Å². The van der Waals surface area contributed by atoms with Crippen molar-refractivity contribution in [2.24, 2.45) is 0 Å². The van der Waals surface area contributed by atoms with Crippen molar-refractivity contribution >= 4 is 17.4 Å². The number of halogens is 2. The van der Waals surface area contributed by atoms with Crippen molar-refractivity contribution in [1.29, 1.82) is 0 Å². The molecule has 4 nitrogen and oxygen atoms in total. The van der Waals surface area contributed by atoms with Crippen LogP contribution in [-0.4, -0.2) is 4.98 Å². The third kappa shape index (κ3) is 1.47. The summed E-state index contributed by atoms with van der Waals surface area (Å²) in [6.45, 7) is 0. The SMILES string of the molecule is Nc1nc(F)c(Cl)c2c1Oc1ccccc1O2. The molecule has 0 fully saturated rings. The predicted octanol–water partition coefficient (Wildman–Crippen LogP) is 3.35. The van der Waals surface area contributed by atoms with E-state index in [4.69, 9.17) is 26.8 Å². The van der Waals surface area contributed by atoms with Crippen LogP contribution in [0.3, 0.4) is 0 Å². The molecule has 2 N–H and O–H groups in total. The molecule has 17 heavy (non-hydrogen) atoms. The molecule has 0 unspecified atom stereocenters. The van der Waals surface area contributed by atoms with Gasteiger partial charge in [-0.3, -0.25) is 0 Å². The first-order valence-electron chi connectivity index (χ1n) is 4.76. The number of hydrogen-bond donors (Lipinski definition) is 1. The second-order valence-electron chi connectivity index (χ2n) is 3.41. The second kappa shape index (κ2) is 3.49. The molecule has 1 aromatic carbocycles. The Kier molecular flexibility index (Phi) is 2.09. The van der Waals surface area contributed by atoms with Gasteiger partial charge in [0.1, 0.15) is 5.02 Å². The van der Waals surface area contributed by atoms with Gasteiger partial charge in [0.2, 0.25) is 11.7 Å². The van der Waals surface area contributed by atoms with Gasteiger partial charge >= 0.3 is 0 Å². The van der Waals surface area contributed by atoms with E-state index < -0.39 is 5.95 Å². The lowest BCUT2D eigenvalue weighted by Crippen LogP contribution is -2.05. The number of nitrogens with zero attached hydrogens (tertiary/aromatic N) is 1. The van der Waals surface area contributed by atoms with E-state index in [0.717, 1.165) is 0 Å². The minimum atomic E-state index is -0.883. The average Bonchev–Trinajstić information content (AvgIpc) is 2.34. The highest BCUT2D eigenvalue weighted by Gasteiger charge is 2.26. The lowest BCUT2D eigenvalue weighted by Gasteiger charge is -2.21. The predicted molar refractivity (Wildman–Crippen MR) is 60.2 cm³/mol. The normalized spacial score (nSPS) is 12.1. The number of pyridine rings is 1. The first-order chi connectivity index (χ1) is 8.16. The van der Waals surface area contributed by atoms with Crippen molar-refractivity contribution in [3.8, 4) is 23.0 Å². The summed E-state index contributed by atoms with van der Waals surface area (Å²) in [6, 6.07) is 6.93. The van der Waals surface area contributed by atoms with Crippen molar-refractivity contribution in [3.05, 3.63) is 35.2 Å². The van der Waals surface area contributed by atoms with Crippen LogP contribution >= 0.6 is 11.6 Å². The van der Waals surface area contributed by atoms with E-state index in [1.807, 2.05) is 0 Å². The van der Waals surface area contributed by atoms with Crippen LogP contribution in [0.5, 0.6) is 23.0 Å². The lowest BCUT2D eigenvalue weighted by molar-refractivity contribution is 0.356. The van der Waals surface area contributed by atoms with Crippen molar-refractivity contribution < 1.29 is 13.9 Å². The molecule has 0 bridgehead atoms. The minimum absolute atomic E-state index is 0.0513. The number of hydrogen-bond acceptors (Lipinski definition) is 4. The molecule has 1 aliphatic rings. The number of rotatable bonds is 0. The van der Waals surface area contributed by atoms with E-state index in [1.165, 1.54) is 0 Å². The number of nitrogen functional groups attached to an aromatic ring is 1. The fourth-order valence-electron chi connectivity index (χ4n) is 1.54. The highest BCUT2D eigenvalue weighted by molar-refractivity contribution is 6.32. The molecule has 0 aliphatic carbocycles. The zero-order valence-electron chi connectivity index (χ0n) is 8.41. The molecule has 0 spiro atoms. The standard InChI is InChI=1S/C11H6ClFN2O2/c12-7-8-9(11(14)15-10(7)13)17-6-4-2-1-3-5(6)16-8/h1-4H,(H2,14,15). The molecule has 0 saturated carbocycles. The van der Waals surface area contributed by atoms with Gasteiger partial charge in [-0.05, 0) is 12.1 Å². The van der Waals surface area contributed by atoms with Crippen LogP contribution < -0.4 is 15.2 Å². The van der Waals surface area contributed by atoms with Gasteiger partial charge < -0.3 is 15.2 Å². The fourth-order valence-corrected chi connectivity index (χ4v) is 1.71. The summed E-state index contributed by atoms with van der Waals surface area (Å²) in [7, 11) is 0. The summed E-state index contributed by atoms with van der Waals surface area (Å²) in [4.78, 5) is 3.43. The highest BCUT2D eigenvalue weighted by Crippen LogP contribution is 2.50. The first kappa shape index (κ1) is 10.2. The maximum absolute atomic E-state index is 13.3. The van der Waals surface area contributed by atoms with Crippen LogP contribution in [0.1, 0.15) is 0 Å². The number of ether oxygens (including phenoxy) is 2. The summed E-state index contributed by atoms with van der Waals surface area (Å²) in [5, 5.41) is -0.247. The van der Waals surface area contributed by atoms with Crippen LogP contribution in [0.25, 0.3) is 0 Å². The Labute approximate surface area is 101 Å². The molecule has 1 aromatic heterocycles. The molecule has 2 heterocycles. The Balaban J connectivity index is 2.21. The molecule has 86 valence electrons. The zero-order valence-corrected chi connectivity index (χ0v) is 9.16. The van der Waals surface area contributed by atoms with Gasteiger partial charge in [0.05, 0.1) is 0 Å². The molecule has 1 aliphatic heterocycles. The smallest absolute Gasteiger partial charge is 0.237 e. The summed E-state index contributed by atoms with van der Waals surface area (Å²) in [6.07, 6.45) is 0. The van der Waals surface area contributed by atoms with E-state index in [2.05, 4.69) is 4.98 Å². The van der Waals surface area contributed by atoms with Crippen molar-refractivity contribution in [3.63, 3.8) is 0 Å². The van der Waals surface area contributed by atoms with E-state index in [-0.39, 0.29) is 22.3 Å². The fraction of sp³-hybridized carbons (Fsp3) is 0. The van der Waals surface area contributed by atoms with Crippen LogP contribution in [0.15, 0.2) is 24.3 Å². The minimum Gasteiger partial charge on any atom is -0.448 e. The van der Waals surface area contributed by atoms with Gasteiger partial charge in [-0.25, -0.2) is 0 Å². The maximum atomic E-state index is 13.3.